The van der Waals surface area contributed by atoms with Crippen LogP contribution < -0.4 is 10.8 Å². The SMILES string of the molecule is O=c1cccc2n1CC1CC2CN(Cc2ccc(-c3cccc(N([O-])O)c3)o2)C1. The van der Waals surface area contributed by atoms with Gasteiger partial charge in [-0.05, 0) is 42.7 Å². The Morgan fingerprint density at radius 3 is 2.83 bits per heavy atom. The molecule has 4 heterocycles. The molecule has 1 fully saturated rings. The second-order valence-corrected chi connectivity index (χ2v) is 7.98. The van der Waals surface area contributed by atoms with Crippen molar-refractivity contribution in [2.24, 2.45) is 5.92 Å². The van der Waals surface area contributed by atoms with E-state index >= 15 is 0 Å². The van der Waals surface area contributed by atoms with Crippen molar-refractivity contribution in [3.63, 3.8) is 0 Å². The zero-order valence-corrected chi connectivity index (χ0v) is 15.9. The number of nitrogens with zero attached hydrogens (tertiary/aromatic N) is 3. The number of anilines is 1. The molecule has 2 bridgehead atoms. The maximum atomic E-state index is 12.2. The molecule has 2 aliphatic rings. The lowest BCUT2D eigenvalue weighted by molar-refractivity contribution is 0.108. The van der Waals surface area contributed by atoms with Gasteiger partial charge in [-0.3, -0.25) is 14.9 Å². The minimum atomic E-state index is -0.150. The van der Waals surface area contributed by atoms with E-state index in [1.165, 1.54) is 6.07 Å². The second-order valence-electron chi connectivity index (χ2n) is 7.98. The fourth-order valence-corrected chi connectivity index (χ4v) is 4.74. The average molecular weight is 392 g/mol. The first-order valence-electron chi connectivity index (χ1n) is 9.84. The monoisotopic (exact) mass is 392 g/mol. The van der Waals surface area contributed by atoms with Gasteiger partial charge in [-0.15, -0.1) is 0 Å². The molecular formula is C22H22N3O4-. The van der Waals surface area contributed by atoms with Crippen molar-refractivity contribution in [2.75, 3.05) is 18.3 Å². The predicted molar refractivity (Wildman–Crippen MR) is 109 cm³/mol. The van der Waals surface area contributed by atoms with E-state index in [4.69, 9.17) is 9.62 Å². The van der Waals surface area contributed by atoms with Crippen LogP contribution >= 0.6 is 0 Å². The van der Waals surface area contributed by atoms with Crippen LogP contribution in [-0.2, 0) is 13.1 Å². The molecule has 0 saturated carbocycles. The van der Waals surface area contributed by atoms with Crippen LogP contribution in [0.5, 0.6) is 0 Å². The molecule has 2 aliphatic heterocycles. The maximum absolute atomic E-state index is 12.2. The first-order valence-corrected chi connectivity index (χ1v) is 9.84. The lowest BCUT2D eigenvalue weighted by atomic mass is 9.83. The summed E-state index contributed by atoms with van der Waals surface area (Å²) in [5.74, 6) is 2.37. The third kappa shape index (κ3) is 3.48. The van der Waals surface area contributed by atoms with Gasteiger partial charge in [0.2, 0.25) is 0 Å². The van der Waals surface area contributed by atoms with Gasteiger partial charge in [0, 0.05) is 42.9 Å². The lowest BCUT2D eigenvalue weighted by Gasteiger charge is -2.42. The highest BCUT2D eigenvalue weighted by Gasteiger charge is 2.34. The summed E-state index contributed by atoms with van der Waals surface area (Å²) in [5, 5.41) is 20.1. The van der Waals surface area contributed by atoms with Gasteiger partial charge in [-0.25, -0.2) is 0 Å². The summed E-state index contributed by atoms with van der Waals surface area (Å²) in [6, 6.07) is 16.1. The molecule has 7 nitrogen and oxygen atoms in total. The van der Waals surface area contributed by atoms with Gasteiger partial charge in [0.25, 0.3) is 5.56 Å². The lowest BCUT2D eigenvalue weighted by Crippen LogP contribution is -2.46. The average Bonchev–Trinajstić information content (AvgIpc) is 3.17. The number of pyridine rings is 1. The molecule has 29 heavy (non-hydrogen) atoms. The Morgan fingerprint density at radius 1 is 1.10 bits per heavy atom. The van der Waals surface area contributed by atoms with Crippen LogP contribution in [0.1, 0.15) is 23.8 Å². The van der Waals surface area contributed by atoms with Crippen molar-refractivity contribution >= 4 is 5.69 Å². The number of furan rings is 1. The number of hydrogen-bond acceptors (Lipinski definition) is 6. The van der Waals surface area contributed by atoms with Gasteiger partial charge >= 0.3 is 0 Å². The predicted octanol–water partition coefficient (Wildman–Crippen LogP) is 3.42. The van der Waals surface area contributed by atoms with Crippen LogP contribution in [0.3, 0.4) is 0 Å². The Hall–Kier alpha value is -2.87. The number of rotatable bonds is 4. The third-order valence-electron chi connectivity index (χ3n) is 5.95. The van der Waals surface area contributed by atoms with Crippen molar-refractivity contribution in [2.45, 2.75) is 25.4 Å². The fourth-order valence-electron chi connectivity index (χ4n) is 4.74. The molecule has 150 valence electrons. The van der Waals surface area contributed by atoms with Crippen LogP contribution in [0.15, 0.2) is 63.8 Å². The summed E-state index contributed by atoms with van der Waals surface area (Å²) < 4.78 is 7.96. The molecular weight excluding hydrogens is 370 g/mol. The van der Waals surface area contributed by atoms with Crippen molar-refractivity contribution in [3.05, 3.63) is 81.6 Å². The van der Waals surface area contributed by atoms with Crippen molar-refractivity contribution < 1.29 is 9.62 Å². The van der Waals surface area contributed by atoms with Crippen molar-refractivity contribution in [3.8, 4) is 11.3 Å². The number of benzene rings is 1. The molecule has 1 saturated heterocycles. The number of likely N-dealkylation sites (tertiary alicyclic amines) is 1. The Balaban J connectivity index is 1.33. The van der Waals surface area contributed by atoms with E-state index in [1.54, 1.807) is 18.2 Å². The Kier molecular flexibility index (Phi) is 4.50. The number of piperidine rings is 1. The van der Waals surface area contributed by atoms with Crippen LogP contribution in [0.4, 0.5) is 5.69 Å². The van der Waals surface area contributed by atoms with E-state index in [9.17, 15) is 10.0 Å². The number of aromatic nitrogens is 1. The highest BCUT2D eigenvalue weighted by molar-refractivity contribution is 5.64. The zero-order valence-electron chi connectivity index (χ0n) is 15.9. The Bertz CT molecular complexity index is 1090. The molecule has 5 rings (SSSR count). The summed E-state index contributed by atoms with van der Waals surface area (Å²) >= 11 is 0. The molecule has 0 aliphatic carbocycles. The Labute approximate surface area is 167 Å². The summed E-state index contributed by atoms with van der Waals surface area (Å²) in [6.07, 6.45) is 1.13. The third-order valence-corrected chi connectivity index (χ3v) is 5.95. The molecule has 2 aromatic heterocycles. The van der Waals surface area contributed by atoms with Crippen LogP contribution in [0.25, 0.3) is 11.3 Å². The largest absolute Gasteiger partial charge is 0.733 e. The van der Waals surface area contributed by atoms with E-state index in [0.717, 1.165) is 43.1 Å². The first kappa shape index (κ1) is 18.2. The zero-order chi connectivity index (χ0) is 20.0. The van der Waals surface area contributed by atoms with Crippen molar-refractivity contribution in [1.82, 2.24) is 9.47 Å². The maximum Gasteiger partial charge on any atom is 0.250 e. The minimum absolute atomic E-state index is 0.100. The van der Waals surface area contributed by atoms with Crippen LogP contribution in [-0.4, -0.2) is 27.8 Å². The minimum Gasteiger partial charge on any atom is -0.733 e. The number of fused-ring (bicyclic) bond motifs is 4. The van der Waals surface area contributed by atoms with Gasteiger partial charge in [0.15, 0.2) is 0 Å². The number of hydrogen-bond donors (Lipinski definition) is 1. The van der Waals surface area contributed by atoms with E-state index in [0.29, 0.717) is 24.1 Å². The van der Waals surface area contributed by atoms with E-state index in [-0.39, 0.29) is 16.5 Å². The summed E-state index contributed by atoms with van der Waals surface area (Å²) in [4.78, 5) is 14.6. The summed E-state index contributed by atoms with van der Waals surface area (Å²) in [5.41, 5.74) is 2.15. The smallest absolute Gasteiger partial charge is 0.250 e. The van der Waals surface area contributed by atoms with Gasteiger partial charge in [0.1, 0.15) is 11.5 Å². The van der Waals surface area contributed by atoms with Crippen LogP contribution in [0, 0.1) is 11.1 Å². The van der Waals surface area contributed by atoms with Crippen LogP contribution in [0.2, 0.25) is 0 Å². The topological polar surface area (TPSA) is 84.9 Å². The molecule has 7 heteroatoms. The highest BCUT2D eigenvalue weighted by Crippen LogP contribution is 2.36. The van der Waals surface area contributed by atoms with E-state index in [1.807, 2.05) is 28.8 Å². The van der Waals surface area contributed by atoms with Gasteiger partial charge < -0.3 is 19.4 Å². The highest BCUT2D eigenvalue weighted by atomic mass is 16.8. The normalized spacial score (nSPS) is 21.0. The standard InChI is InChI=1S/C22H22N3O4/c26-22-6-2-5-20-17-9-15(12-24(20)22)11-23(13-17)14-19-7-8-21(29-19)16-3-1-4-18(10-16)25(27)28/h1-8,10,15,17,27H,9,11-14H2/q-1. The molecule has 0 spiro atoms. The summed E-state index contributed by atoms with van der Waals surface area (Å²) in [6.45, 7) is 3.34. The molecule has 2 atom stereocenters. The quantitative estimate of drug-likeness (QED) is 0.685. The van der Waals surface area contributed by atoms with Gasteiger partial charge in [0.05, 0.1) is 12.2 Å². The summed E-state index contributed by atoms with van der Waals surface area (Å²) in [7, 11) is 0. The second kappa shape index (κ2) is 7.18. The van der Waals surface area contributed by atoms with Gasteiger partial charge in [-0.1, -0.05) is 18.2 Å². The Morgan fingerprint density at radius 2 is 1.97 bits per heavy atom. The molecule has 3 aromatic rings. The van der Waals surface area contributed by atoms with E-state index in [2.05, 4.69) is 11.0 Å². The molecule has 0 radical (unpaired) electrons. The molecule has 0 amide bonds. The fraction of sp³-hybridized carbons (Fsp3) is 0.318. The molecule has 1 N–H and O–H groups in total. The van der Waals surface area contributed by atoms with E-state index < -0.39 is 0 Å². The molecule has 2 unspecified atom stereocenters. The first-order chi connectivity index (χ1) is 14.1. The molecule has 1 aromatic carbocycles. The van der Waals surface area contributed by atoms with Crippen molar-refractivity contribution in [1.29, 1.82) is 0 Å². The van der Waals surface area contributed by atoms with Gasteiger partial charge in [-0.2, -0.15) is 0 Å².